The molecule has 8 rings (SSSR count). The number of aromatic nitrogens is 3. The van der Waals surface area contributed by atoms with E-state index in [2.05, 4.69) is 40.4 Å². The topological polar surface area (TPSA) is 109 Å². The van der Waals surface area contributed by atoms with Crippen molar-refractivity contribution in [2.45, 2.75) is 24.5 Å². The van der Waals surface area contributed by atoms with Crippen LogP contribution in [0.15, 0.2) is 89.3 Å². The Morgan fingerprint density at radius 1 is 0.976 bits per heavy atom. The van der Waals surface area contributed by atoms with E-state index >= 15 is 0 Å². The van der Waals surface area contributed by atoms with Gasteiger partial charge < -0.3 is 34.2 Å². The Morgan fingerprint density at radius 2 is 1.85 bits per heavy atom. The van der Waals surface area contributed by atoms with Crippen molar-refractivity contribution in [2.75, 3.05) is 13.9 Å². The summed E-state index contributed by atoms with van der Waals surface area (Å²) in [6.07, 6.45) is 11.4. The number of hydrogen-bond acceptors (Lipinski definition) is 7. The average Bonchev–Trinajstić information content (AvgIpc) is 3.32. The molecule has 1 spiro atoms. The largest absolute Gasteiger partial charge is 0.467 e. The number of pyridine rings is 1. The molecule has 41 heavy (non-hydrogen) atoms. The van der Waals surface area contributed by atoms with Gasteiger partial charge >= 0.3 is 0 Å². The zero-order valence-electron chi connectivity index (χ0n) is 22.5. The van der Waals surface area contributed by atoms with Crippen LogP contribution in [0, 0.1) is 6.92 Å². The molecule has 0 radical (unpaired) electrons. The van der Waals surface area contributed by atoms with Crippen molar-refractivity contribution in [2.24, 2.45) is 4.99 Å². The van der Waals surface area contributed by atoms with Crippen molar-refractivity contribution in [1.82, 2.24) is 20.3 Å². The first-order valence-corrected chi connectivity index (χ1v) is 13.5. The monoisotopic (exact) mass is 545 g/mol. The number of nitrogens with zero attached hydrogens (tertiary/aromatic N) is 2. The number of hydrogen-bond donors (Lipinski definition) is 3. The number of allylic oxidation sites excluding steroid dienone is 2. The van der Waals surface area contributed by atoms with E-state index in [0.717, 1.165) is 50.0 Å². The lowest BCUT2D eigenvalue weighted by Crippen LogP contribution is -2.45. The van der Waals surface area contributed by atoms with Crippen LogP contribution in [0.3, 0.4) is 0 Å². The fourth-order valence-corrected chi connectivity index (χ4v) is 5.72. The second-order valence-corrected chi connectivity index (χ2v) is 10.6. The molecule has 0 aliphatic carbocycles. The lowest BCUT2D eigenvalue weighted by molar-refractivity contribution is -0.00891. The molecule has 1 unspecified atom stereocenters. The predicted molar refractivity (Wildman–Crippen MR) is 155 cm³/mol. The molecule has 1 aromatic carbocycles. The standard InChI is InChI=1S/C32H27N5O4/c1-19-13-24-15-25-17-28(39-18-38-2)32(37-25)30(41-32)31(40-29-10-7-20-5-3-4-6-26(20)35-29)12-11-23(36-31)14-21-8-9-22(33-21)16-27(19)34-24/h3-17,30,33-34,37H,18H2,1-2H3/b21-14?,22-16?,25-15-/t30-,31+,32?/m1/s1. The summed E-state index contributed by atoms with van der Waals surface area (Å²) in [4.78, 5) is 16.8. The van der Waals surface area contributed by atoms with Gasteiger partial charge in [0, 0.05) is 52.4 Å². The summed E-state index contributed by atoms with van der Waals surface area (Å²) in [5, 5.41) is 6.48. The van der Waals surface area contributed by atoms with Gasteiger partial charge in [0.1, 0.15) is 0 Å². The van der Waals surface area contributed by atoms with E-state index in [4.69, 9.17) is 28.9 Å². The van der Waals surface area contributed by atoms with Crippen molar-refractivity contribution in [3.8, 4) is 5.88 Å². The number of ether oxygens (including phenoxy) is 4. The molecule has 4 aliphatic rings. The van der Waals surface area contributed by atoms with Crippen molar-refractivity contribution >= 4 is 34.8 Å². The Balaban J connectivity index is 1.28. The maximum Gasteiger partial charge on any atom is 0.253 e. The number of aliphatic imine (C=N–C) groups is 1. The number of aryl methyl sites for hydroxylation is 1. The molecule has 3 aromatic heterocycles. The van der Waals surface area contributed by atoms with E-state index in [1.807, 2.05) is 72.8 Å². The van der Waals surface area contributed by atoms with Gasteiger partial charge in [-0.3, -0.25) is 0 Å². The maximum atomic E-state index is 6.65. The molecule has 204 valence electrons. The van der Waals surface area contributed by atoms with E-state index < -0.39 is 17.6 Å². The number of aromatic amines is 2. The Hall–Kier alpha value is -4.86. The minimum atomic E-state index is -1.20. The molecule has 4 aliphatic heterocycles. The van der Waals surface area contributed by atoms with Crippen molar-refractivity contribution in [3.05, 3.63) is 112 Å². The Labute approximate surface area is 235 Å². The van der Waals surface area contributed by atoms with Gasteiger partial charge in [-0.1, -0.05) is 18.2 Å². The number of benzene rings is 1. The fourth-order valence-electron chi connectivity index (χ4n) is 5.72. The fraction of sp³-hybridized carbons (Fsp3) is 0.188. The van der Waals surface area contributed by atoms with Crippen molar-refractivity contribution in [1.29, 1.82) is 0 Å². The summed E-state index contributed by atoms with van der Waals surface area (Å²) in [6, 6.07) is 18.0. The Morgan fingerprint density at radius 3 is 2.76 bits per heavy atom. The Kier molecular flexibility index (Phi) is 5.16. The maximum absolute atomic E-state index is 6.65. The normalized spacial score (nSPS) is 26.6. The average molecular weight is 546 g/mol. The SMILES string of the molecule is COCOC1=C/C2=C/c3cc(C)c([nH]3)C=c3ccc([nH]3)=CC3=N[C@](Oc4ccc5ccccc5n4)(C=C3)[C@H]3OC13N2. The third-order valence-electron chi connectivity index (χ3n) is 7.67. The minimum Gasteiger partial charge on any atom is -0.467 e. The van der Waals surface area contributed by atoms with E-state index in [-0.39, 0.29) is 6.79 Å². The third-order valence-corrected chi connectivity index (χ3v) is 7.67. The zero-order chi connectivity index (χ0) is 27.6. The number of H-pyrrole nitrogens is 2. The van der Waals surface area contributed by atoms with Crippen LogP contribution < -0.4 is 20.8 Å². The van der Waals surface area contributed by atoms with Crippen LogP contribution >= 0.6 is 0 Å². The molecule has 1 saturated heterocycles. The first-order valence-electron chi connectivity index (χ1n) is 13.5. The zero-order valence-corrected chi connectivity index (χ0v) is 22.5. The first-order chi connectivity index (χ1) is 20.0. The van der Waals surface area contributed by atoms with Gasteiger partial charge in [0.05, 0.1) is 11.2 Å². The molecule has 8 bridgehead atoms. The van der Waals surface area contributed by atoms with E-state index in [0.29, 0.717) is 11.6 Å². The molecular weight excluding hydrogens is 518 g/mol. The van der Waals surface area contributed by atoms with Gasteiger partial charge in [-0.15, -0.1) is 0 Å². The minimum absolute atomic E-state index is 0.0759. The van der Waals surface area contributed by atoms with Crippen LogP contribution in [-0.4, -0.2) is 52.1 Å². The van der Waals surface area contributed by atoms with Gasteiger partial charge in [0.25, 0.3) is 5.72 Å². The van der Waals surface area contributed by atoms with Gasteiger partial charge in [-0.05, 0) is 73.2 Å². The number of rotatable bonds is 5. The van der Waals surface area contributed by atoms with Crippen LogP contribution in [-0.2, 0) is 14.2 Å². The summed E-state index contributed by atoms with van der Waals surface area (Å²) in [7, 11) is 1.59. The highest BCUT2D eigenvalue weighted by molar-refractivity contribution is 6.18. The molecule has 9 nitrogen and oxygen atoms in total. The number of methoxy groups -OCH3 is 1. The quantitative estimate of drug-likeness (QED) is 0.263. The number of fused-ring (bicyclic) bond motifs is 8. The predicted octanol–water partition coefficient (Wildman–Crippen LogP) is 3.15. The summed E-state index contributed by atoms with van der Waals surface area (Å²) in [5.74, 6) is 1.04. The van der Waals surface area contributed by atoms with E-state index in [9.17, 15) is 0 Å². The van der Waals surface area contributed by atoms with Gasteiger partial charge in [-0.2, -0.15) is 0 Å². The summed E-state index contributed by atoms with van der Waals surface area (Å²) < 4.78 is 24.4. The number of epoxide rings is 1. The third kappa shape index (κ3) is 4.01. The molecule has 3 atom stereocenters. The van der Waals surface area contributed by atoms with Crippen LogP contribution in [0.25, 0.3) is 29.1 Å². The van der Waals surface area contributed by atoms with Gasteiger partial charge in [0.2, 0.25) is 11.6 Å². The van der Waals surface area contributed by atoms with Crippen molar-refractivity contribution in [3.63, 3.8) is 0 Å². The van der Waals surface area contributed by atoms with E-state index in [1.165, 1.54) is 0 Å². The summed E-state index contributed by atoms with van der Waals surface area (Å²) in [6.45, 7) is 2.16. The molecule has 4 aromatic rings. The Bertz CT molecular complexity index is 1960. The first kappa shape index (κ1) is 24.0. The summed E-state index contributed by atoms with van der Waals surface area (Å²) >= 11 is 0. The van der Waals surface area contributed by atoms with Gasteiger partial charge in [-0.25, -0.2) is 9.98 Å². The smallest absolute Gasteiger partial charge is 0.253 e. The molecule has 3 N–H and O–H groups in total. The molecule has 1 fully saturated rings. The molecule has 7 heterocycles. The second-order valence-electron chi connectivity index (χ2n) is 10.6. The lowest BCUT2D eigenvalue weighted by Gasteiger charge is -2.25. The van der Waals surface area contributed by atoms with Crippen LogP contribution in [0.1, 0.15) is 17.0 Å². The van der Waals surface area contributed by atoms with E-state index in [1.54, 1.807) is 7.11 Å². The van der Waals surface area contributed by atoms with Gasteiger partial charge in [0.15, 0.2) is 18.7 Å². The highest BCUT2D eigenvalue weighted by Crippen LogP contribution is 2.53. The lowest BCUT2D eigenvalue weighted by atomic mass is 10.0. The molecule has 0 saturated carbocycles. The highest BCUT2D eigenvalue weighted by atomic mass is 16.7. The van der Waals surface area contributed by atoms with Crippen molar-refractivity contribution < 1.29 is 18.9 Å². The van der Waals surface area contributed by atoms with Crippen LogP contribution in [0.4, 0.5) is 0 Å². The second kappa shape index (κ2) is 8.82. The molecule has 0 amide bonds. The van der Waals surface area contributed by atoms with Crippen LogP contribution in [0.5, 0.6) is 5.88 Å². The number of nitrogens with one attached hydrogen (secondary N) is 3. The summed E-state index contributed by atoms with van der Waals surface area (Å²) in [5.41, 5.74) is 3.33. The molecule has 9 heteroatoms. The molecular formula is C32H27N5O4. The number of para-hydroxylation sites is 1. The highest BCUT2D eigenvalue weighted by Gasteiger charge is 2.73. The van der Waals surface area contributed by atoms with Crippen LogP contribution in [0.2, 0.25) is 0 Å².